The Morgan fingerprint density at radius 2 is 1.80 bits per heavy atom. The van der Waals surface area contributed by atoms with Gasteiger partial charge >= 0.3 is 0 Å². The number of nitrogens with one attached hydrogen (secondary N) is 1. The lowest BCUT2D eigenvalue weighted by atomic mass is 10.1. The molecule has 35 heavy (non-hydrogen) atoms. The van der Waals surface area contributed by atoms with E-state index in [1.54, 1.807) is 31.4 Å². The summed E-state index contributed by atoms with van der Waals surface area (Å²) in [4.78, 5) is 0.00194. The van der Waals surface area contributed by atoms with E-state index < -0.39 is 19.8 Å². The number of benzene rings is 2. The lowest BCUT2D eigenvalue weighted by Crippen LogP contribution is -2.34. The van der Waals surface area contributed by atoms with Crippen molar-refractivity contribution in [2.75, 3.05) is 30.8 Å². The van der Waals surface area contributed by atoms with Crippen LogP contribution in [-0.4, -0.2) is 39.1 Å². The van der Waals surface area contributed by atoms with Gasteiger partial charge in [-0.05, 0) is 54.3 Å². The molecular formula is C26H36N2O5S2. The lowest BCUT2D eigenvalue weighted by Gasteiger charge is -2.27. The van der Waals surface area contributed by atoms with E-state index >= 15 is 0 Å². The molecule has 2 rings (SSSR count). The zero-order chi connectivity index (χ0) is 26.2. The summed E-state index contributed by atoms with van der Waals surface area (Å²) in [6.07, 6.45) is 5.85. The van der Waals surface area contributed by atoms with Crippen LogP contribution >= 0.6 is 0 Å². The maximum atomic E-state index is 13.7. The largest absolute Gasteiger partial charge is 0.501 e. The molecule has 1 atom stereocenters. The van der Waals surface area contributed by atoms with E-state index in [-0.39, 0.29) is 34.6 Å². The number of sulfonamides is 1. The van der Waals surface area contributed by atoms with Crippen LogP contribution in [0.1, 0.15) is 32.8 Å². The van der Waals surface area contributed by atoms with E-state index in [0.717, 1.165) is 12.0 Å². The van der Waals surface area contributed by atoms with Crippen LogP contribution in [-0.2, 0) is 30.9 Å². The van der Waals surface area contributed by atoms with E-state index in [2.05, 4.69) is 6.58 Å². The summed E-state index contributed by atoms with van der Waals surface area (Å²) >= 11 is 0. The fourth-order valence-electron chi connectivity index (χ4n) is 3.42. The Bertz CT molecular complexity index is 1250. The fourth-order valence-corrected chi connectivity index (χ4v) is 6.01. The molecule has 0 fully saturated rings. The summed E-state index contributed by atoms with van der Waals surface area (Å²) in [6.45, 7) is 10.0. The first kappa shape index (κ1) is 28.5. The van der Waals surface area contributed by atoms with Gasteiger partial charge in [0.15, 0.2) is 0 Å². The van der Waals surface area contributed by atoms with Gasteiger partial charge in [0.2, 0.25) is 0 Å². The summed E-state index contributed by atoms with van der Waals surface area (Å²) in [6, 6.07) is 11.6. The summed E-state index contributed by atoms with van der Waals surface area (Å²) in [7, 11) is -5.72. The predicted molar refractivity (Wildman–Crippen MR) is 142 cm³/mol. The van der Waals surface area contributed by atoms with Gasteiger partial charge in [0.05, 0.1) is 44.7 Å². The first-order valence-electron chi connectivity index (χ1n) is 11.4. The SMILES string of the molecule is C=C/C=C(/CCOc1ccc(S(=O)(=O)N(CC(C)C)c2ccc(CC)cc2)cc1S(C)(=N)=O)OC. The molecule has 9 heteroatoms. The second-order valence-electron chi connectivity index (χ2n) is 8.57. The number of allylic oxidation sites excluding steroid dienone is 2. The summed E-state index contributed by atoms with van der Waals surface area (Å²) in [5.41, 5.74) is 1.67. The number of aryl methyl sites for hydroxylation is 1. The van der Waals surface area contributed by atoms with Crippen LogP contribution in [0.25, 0.3) is 0 Å². The van der Waals surface area contributed by atoms with Crippen LogP contribution in [0.15, 0.2) is 76.7 Å². The van der Waals surface area contributed by atoms with Crippen molar-refractivity contribution in [3.8, 4) is 5.75 Å². The van der Waals surface area contributed by atoms with Gasteiger partial charge in [-0.25, -0.2) is 17.4 Å². The Kier molecular flexibility index (Phi) is 9.97. The second kappa shape index (κ2) is 12.3. The van der Waals surface area contributed by atoms with Gasteiger partial charge in [0.25, 0.3) is 10.0 Å². The van der Waals surface area contributed by atoms with Crippen LogP contribution in [0, 0.1) is 10.7 Å². The second-order valence-corrected chi connectivity index (χ2v) is 12.6. The van der Waals surface area contributed by atoms with Crippen molar-refractivity contribution in [1.82, 2.24) is 0 Å². The minimum Gasteiger partial charge on any atom is -0.501 e. The first-order chi connectivity index (χ1) is 16.4. The van der Waals surface area contributed by atoms with Crippen LogP contribution in [0.3, 0.4) is 0 Å². The smallest absolute Gasteiger partial charge is 0.264 e. The molecule has 0 heterocycles. The number of hydrogen-bond acceptors (Lipinski definition) is 6. The molecule has 0 aliphatic rings. The average molecular weight is 521 g/mol. The molecule has 0 amide bonds. The summed E-state index contributed by atoms with van der Waals surface area (Å²) < 4.78 is 60.8. The van der Waals surface area contributed by atoms with E-state index in [4.69, 9.17) is 14.3 Å². The molecule has 0 aromatic heterocycles. The van der Waals surface area contributed by atoms with Crippen molar-refractivity contribution in [2.24, 2.45) is 5.92 Å². The van der Waals surface area contributed by atoms with Gasteiger partial charge < -0.3 is 9.47 Å². The number of hydrogen-bond donors (Lipinski definition) is 1. The van der Waals surface area contributed by atoms with Crippen LogP contribution in [0.2, 0.25) is 0 Å². The predicted octanol–water partition coefficient (Wildman–Crippen LogP) is 5.62. The molecule has 1 N–H and O–H groups in total. The Hall–Kier alpha value is -2.78. The number of rotatable bonds is 13. The Labute approximate surface area is 210 Å². The van der Waals surface area contributed by atoms with Gasteiger partial charge in [0, 0.05) is 19.2 Å². The van der Waals surface area contributed by atoms with Gasteiger partial charge in [-0.1, -0.05) is 45.6 Å². The first-order valence-corrected chi connectivity index (χ1v) is 14.8. The minimum absolute atomic E-state index is 0.0361. The maximum absolute atomic E-state index is 13.7. The van der Waals surface area contributed by atoms with E-state index in [9.17, 15) is 12.6 Å². The third kappa shape index (κ3) is 7.60. The van der Waals surface area contributed by atoms with Crippen molar-refractivity contribution < 1.29 is 22.1 Å². The van der Waals surface area contributed by atoms with E-state index in [1.165, 1.54) is 28.8 Å². The zero-order valence-corrected chi connectivity index (χ0v) is 22.7. The molecule has 192 valence electrons. The Balaban J connectivity index is 2.47. The molecule has 2 aromatic rings. The van der Waals surface area contributed by atoms with Gasteiger partial charge in [-0.3, -0.25) is 4.31 Å². The molecule has 7 nitrogen and oxygen atoms in total. The average Bonchev–Trinajstić information content (AvgIpc) is 2.81. The molecule has 1 unspecified atom stereocenters. The van der Waals surface area contributed by atoms with Crippen LogP contribution < -0.4 is 9.04 Å². The van der Waals surface area contributed by atoms with Crippen molar-refractivity contribution >= 4 is 25.4 Å². The molecule has 2 aromatic carbocycles. The number of anilines is 1. The molecule has 0 saturated carbocycles. The van der Waals surface area contributed by atoms with Crippen LogP contribution in [0.5, 0.6) is 5.75 Å². The molecule has 0 radical (unpaired) electrons. The van der Waals surface area contributed by atoms with Gasteiger partial charge in [0.1, 0.15) is 5.75 Å². The quantitative estimate of drug-likeness (QED) is 0.273. The highest BCUT2D eigenvalue weighted by Crippen LogP contribution is 2.31. The van der Waals surface area contributed by atoms with Crippen molar-refractivity contribution in [3.05, 3.63) is 72.5 Å². The van der Waals surface area contributed by atoms with Gasteiger partial charge in [-0.2, -0.15) is 0 Å². The number of methoxy groups -OCH3 is 1. The molecule has 0 spiro atoms. The highest BCUT2D eigenvalue weighted by molar-refractivity contribution is 7.93. The van der Waals surface area contributed by atoms with Gasteiger partial charge in [-0.15, -0.1) is 0 Å². The zero-order valence-electron chi connectivity index (χ0n) is 21.1. The van der Waals surface area contributed by atoms with Crippen molar-refractivity contribution in [1.29, 1.82) is 4.78 Å². The third-order valence-corrected chi connectivity index (χ3v) is 8.21. The number of nitrogens with zero attached hydrogens (tertiary/aromatic N) is 1. The maximum Gasteiger partial charge on any atom is 0.264 e. The normalized spacial score (nSPS) is 13.8. The topological polar surface area (TPSA) is 96.8 Å². The summed E-state index contributed by atoms with van der Waals surface area (Å²) in [5.74, 6) is 0.938. The fraction of sp³-hybridized carbons (Fsp3) is 0.385. The van der Waals surface area contributed by atoms with Crippen molar-refractivity contribution in [3.63, 3.8) is 0 Å². The molecule has 0 bridgehead atoms. The third-order valence-electron chi connectivity index (χ3n) is 5.26. The van der Waals surface area contributed by atoms with Crippen LogP contribution in [0.4, 0.5) is 5.69 Å². The molecule has 0 saturated heterocycles. The highest BCUT2D eigenvalue weighted by atomic mass is 32.2. The molecule has 0 aliphatic heterocycles. The molecular weight excluding hydrogens is 484 g/mol. The van der Waals surface area contributed by atoms with Crippen molar-refractivity contribution in [2.45, 2.75) is 43.4 Å². The van der Waals surface area contributed by atoms with E-state index in [1.807, 2.05) is 32.9 Å². The van der Waals surface area contributed by atoms with E-state index in [0.29, 0.717) is 17.9 Å². The Morgan fingerprint density at radius 3 is 2.31 bits per heavy atom. The summed E-state index contributed by atoms with van der Waals surface area (Å²) in [5, 5.41) is 0. The molecule has 0 aliphatic carbocycles. The lowest BCUT2D eigenvalue weighted by molar-refractivity contribution is 0.239. The minimum atomic E-state index is -3.98. The highest BCUT2D eigenvalue weighted by Gasteiger charge is 2.28. The number of ether oxygens (including phenoxy) is 2. The standard InChI is InChI=1S/C26H36N2O5S2/c1-7-9-23(32-5)16-17-33-25-15-14-24(18-26(25)34(6,27)29)35(30,31)28(19-20(3)4)22-12-10-21(8-2)11-13-22/h7,9-15,18,20,27H,1,8,16-17,19H2,2-6H3/b23-9-. The Morgan fingerprint density at radius 1 is 1.14 bits per heavy atom. The monoisotopic (exact) mass is 520 g/mol.